The number of hydrogen-bond acceptors (Lipinski definition) is 8. The van der Waals surface area contributed by atoms with Crippen LogP contribution in [0.2, 0.25) is 0 Å². The maximum absolute atomic E-state index is 13.6. The molecule has 1 N–H and O–H groups in total. The topological polar surface area (TPSA) is 115 Å². The second kappa shape index (κ2) is 11.7. The molecule has 1 aliphatic rings. The van der Waals surface area contributed by atoms with Crippen LogP contribution in [0.15, 0.2) is 48.8 Å². The summed E-state index contributed by atoms with van der Waals surface area (Å²) in [7, 11) is 4.95. The highest BCUT2D eigenvalue weighted by Gasteiger charge is 2.36. The second-order valence-electron chi connectivity index (χ2n) is 9.60. The van der Waals surface area contributed by atoms with Crippen LogP contribution in [0.4, 0.5) is 20.4 Å². The molecule has 1 saturated carbocycles. The molecule has 0 spiro atoms. The Bertz CT molecular complexity index is 1630. The number of amides is 1. The molecular formula is C29H28F2N6O4. The van der Waals surface area contributed by atoms with Gasteiger partial charge in [0.25, 0.3) is 0 Å². The molecule has 41 heavy (non-hydrogen) atoms. The van der Waals surface area contributed by atoms with Crippen molar-refractivity contribution in [3.63, 3.8) is 0 Å². The smallest absolute Gasteiger partial charge is 0.387 e. The zero-order valence-corrected chi connectivity index (χ0v) is 22.7. The fraction of sp³-hybridized carbons (Fsp3) is 0.310. The summed E-state index contributed by atoms with van der Waals surface area (Å²) in [4.78, 5) is 24.6. The van der Waals surface area contributed by atoms with E-state index in [-0.39, 0.29) is 36.2 Å². The van der Waals surface area contributed by atoms with E-state index in [4.69, 9.17) is 19.7 Å². The lowest BCUT2D eigenvalue weighted by atomic mass is 10.1. The summed E-state index contributed by atoms with van der Waals surface area (Å²) in [5, 5.41) is 12.3. The van der Waals surface area contributed by atoms with Gasteiger partial charge in [-0.3, -0.25) is 9.69 Å². The molecule has 4 aromatic rings. The Hall–Kier alpha value is -4.92. The number of carbonyl (C=O) groups is 1. The van der Waals surface area contributed by atoms with Crippen LogP contribution in [0.25, 0.3) is 11.0 Å². The number of nitriles is 1. The van der Waals surface area contributed by atoms with Crippen molar-refractivity contribution in [2.24, 2.45) is 13.0 Å². The zero-order valence-electron chi connectivity index (χ0n) is 22.7. The molecule has 0 unspecified atom stereocenters. The molecule has 1 aliphatic carbocycles. The molecule has 5 rings (SSSR count). The van der Waals surface area contributed by atoms with Crippen LogP contribution in [0, 0.1) is 17.2 Å². The minimum absolute atomic E-state index is 0.0702. The standard InChI is InChI=1S/C29H28F2N6O4/c1-36-16-34-26-22(36)12-25(33-14-19-5-4-17(13-32)10-24(19)41-29(30)31)35-27(26)37(28(38)18-6-7-18)15-20-8-9-21(39-2)11-23(20)40-3/h4-5,8-12,16,18,29H,6-7,14-15H2,1-3H3,(H,33,35). The van der Waals surface area contributed by atoms with E-state index in [1.54, 1.807) is 49.7 Å². The Morgan fingerprint density at radius 3 is 2.61 bits per heavy atom. The van der Waals surface area contributed by atoms with Gasteiger partial charge in [-0.15, -0.1) is 0 Å². The fourth-order valence-electron chi connectivity index (χ4n) is 4.51. The Balaban J connectivity index is 1.53. The molecule has 12 heteroatoms. The van der Waals surface area contributed by atoms with E-state index in [1.807, 2.05) is 23.8 Å². The third-order valence-corrected chi connectivity index (χ3v) is 6.84. The summed E-state index contributed by atoms with van der Waals surface area (Å²) in [5.74, 6) is 1.67. The maximum Gasteiger partial charge on any atom is 0.387 e. The van der Waals surface area contributed by atoms with Crippen molar-refractivity contribution in [1.29, 1.82) is 5.26 Å². The van der Waals surface area contributed by atoms with Crippen molar-refractivity contribution in [3.8, 4) is 23.3 Å². The molecule has 0 bridgehead atoms. The van der Waals surface area contributed by atoms with E-state index >= 15 is 0 Å². The van der Waals surface area contributed by atoms with E-state index in [9.17, 15) is 13.6 Å². The lowest BCUT2D eigenvalue weighted by molar-refractivity contribution is -0.119. The van der Waals surface area contributed by atoms with E-state index in [1.165, 1.54) is 12.1 Å². The Kier molecular flexibility index (Phi) is 7.87. The summed E-state index contributed by atoms with van der Waals surface area (Å²) >= 11 is 0. The third-order valence-electron chi connectivity index (χ3n) is 6.84. The highest BCUT2D eigenvalue weighted by molar-refractivity contribution is 6.02. The number of aryl methyl sites for hydroxylation is 1. The number of carbonyl (C=O) groups excluding carboxylic acids is 1. The van der Waals surface area contributed by atoms with E-state index in [0.717, 1.165) is 23.9 Å². The molecule has 2 aromatic carbocycles. The van der Waals surface area contributed by atoms with Crippen molar-refractivity contribution in [2.75, 3.05) is 24.4 Å². The first kappa shape index (κ1) is 27.6. The largest absolute Gasteiger partial charge is 0.497 e. The van der Waals surface area contributed by atoms with Crippen molar-refractivity contribution < 1.29 is 27.8 Å². The van der Waals surface area contributed by atoms with Gasteiger partial charge in [-0.2, -0.15) is 14.0 Å². The average Bonchev–Trinajstić information content (AvgIpc) is 3.77. The normalized spacial score (nSPS) is 12.7. The van der Waals surface area contributed by atoms with Gasteiger partial charge in [0.2, 0.25) is 5.91 Å². The zero-order chi connectivity index (χ0) is 29.1. The van der Waals surface area contributed by atoms with Crippen LogP contribution in [-0.2, 0) is 24.9 Å². The number of hydrogen-bond donors (Lipinski definition) is 1. The monoisotopic (exact) mass is 562 g/mol. The summed E-state index contributed by atoms with van der Waals surface area (Å²) in [6.45, 7) is -2.78. The average molecular weight is 563 g/mol. The van der Waals surface area contributed by atoms with Gasteiger partial charge in [0.05, 0.1) is 44.2 Å². The molecule has 0 radical (unpaired) electrons. The van der Waals surface area contributed by atoms with Crippen molar-refractivity contribution in [2.45, 2.75) is 32.5 Å². The Labute approximate surface area is 235 Å². The molecule has 2 heterocycles. The second-order valence-corrected chi connectivity index (χ2v) is 9.60. The van der Waals surface area contributed by atoms with Gasteiger partial charge in [-0.1, -0.05) is 6.07 Å². The summed E-state index contributed by atoms with van der Waals surface area (Å²) < 4.78 is 43.5. The number of ether oxygens (including phenoxy) is 3. The molecule has 212 valence electrons. The molecule has 1 amide bonds. The van der Waals surface area contributed by atoms with Gasteiger partial charge in [0.1, 0.15) is 28.6 Å². The first-order valence-electron chi connectivity index (χ1n) is 12.9. The first-order chi connectivity index (χ1) is 19.8. The van der Waals surface area contributed by atoms with Gasteiger partial charge >= 0.3 is 6.61 Å². The van der Waals surface area contributed by atoms with E-state index < -0.39 is 6.61 Å². The predicted molar refractivity (Wildman–Crippen MR) is 147 cm³/mol. The highest BCUT2D eigenvalue weighted by atomic mass is 19.3. The maximum atomic E-state index is 13.6. The lowest BCUT2D eigenvalue weighted by Gasteiger charge is -2.24. The Morgan fingerprint density at radius 1 is 1.15 bits per heavy atom. The summed E-state index contributed by atoms with van der Waals surface area (Å²) in [6.07, 6.45) is 3.23. The summed E-state index contributed by atoms with van der Waals surface area (Å²) in [6, 6.07) is 13.4. The number of nitrogens with zero attached hydrogens (tertiary/aromatic N) is 5. The lowest BCUT2D eigenvalue weighted by Crippen LogP contribution is -2.33. The van der Waals surface area contributed by atoms with Crippen LogP contribution >= 0.6 is 0 Å². The van der Waals surface area contributed by atoms with Gasteiger partial charge in [0, 0.05) is 42.8 Å². The molecule has 0 saturated heterocycles. The molecule has 2 aromatic heterocycles. The minimum atomic E-state index is -3.05. The van der Waals surface area contributed by atoms with E-state index in [2.05, 4.69) is 15.0 Å². The number of fused-ring (bicyclic) bond motifs is 1. The number of pyridine rings is 1. The summed E-state index contributed by atoms with van der Waals surface area (Å²) in [5.41, 5.74) is 2.63. The number of rotatable bonds is 11. The Morgan fingerprint density at radius 2 is 1.93 bits per heavy atom. The van der Waals surface area contributed by atoms with Crippen LogP contribution in [-0.4, -0.2) is 41.3 Å². The SMILES string of the molecule is COc1ccc(CN(C(=O)C2CC2)c2nc(NCc3ccc(C#N)cc3OC(F)F)cc3c2ncn3C)c(OC)c1. The van der Waals surface area contributed by atoms with Gasteiger partial charge in [-0.05, 0) is 37.1 Å². The quantitative estimate of drug-likeness (QED) is 0.271. The van der Waals surface area contributed by atoms with Gasteiger partial charge in [0.15, 0.2) is 5.82 Å². The van der Waals surface area contributed by atoms with Crippen molar-refractivity contribution >= 4 is 28.6 Å². The highest BCUT2D eigenvalue weighted by Crippen LogP contribution is 2.37. The van der Waals surface area contributed by atoms with Gasteiger partial charge < -0.3 is 24.1 Å². The number of anilines is 2. The van der Waals surface area contributed by atoms with Crippen LogP contribution < -0.4 is 24.4 Å². The molecular weight excluding hydrogens is 534 g/mol. The molecule has 0 atom stereocenters. The number of imidazole rings is 1. The number of aromatic nitrogens is 3. The van der Waals surface area contributed by atoms with Crippen LogP contribution in [0.1, 0.15) is 29.5 Å². The first-order valence-corrected chi connectivity index (χ1v) is 12.9. The number of methoxy groups -OCH3 is 2. The van der Waals surface area contributed by atoms with Crippen molar-refractivity contribution in [1.82, 2.24) is 14.5 Å². The van der Waals surface area contributed by atoms with Crippen LogP contribution in [0.5, 0.6) is 17.2 Å². The number of benzene rings is 2. The fourth-order valence-corrected chi connectivity index (χ4v) is 4.51. The molecule has 0 aliphatic heterocycles. The van der Waals surface area contributed by atoms with Crippen molar-refractivity contribution in [3.05, 3.63) is 65.5 Å². The molecule has 10 nitrogen and oxygen atoms in total. The third kappa shape index (κ3) is 5.99. The number of halogens is 2. The number of alkyl halides is 2. The minimum Gasteiger partial charge on any atom is -0.497 e. The van der Waals surface area contributed by atoms with Crippen LogP contribution in [0.3, 0.4) is 0 Å². The van der Waals surface area contributed by atoms with E-state index in [0.29, 0.717) is 34.2 Å². The molecule has 1 fully saturated rings. The number of nitrogens with one attached hydrogen (secondary N) is 1. The van der Waals surface area contributed by atoms with Gasteiger partial charge in [-0.25, -0.2) is 9.97 Å². The predicted octanol–water partition coefficient (Wildman–Crippen LogP) is 5.01.